The van der Waals surface area contributed by atoms with E-state index in [0.29, 0.717) is 12.5 Å². The van der Waals surface area contributed by atoms with Gasteiger partial charge in [0.25, 0.3) is 5.91 Å². The number of likely N-dealkylation sites (tertiary alicyclic amines) is 1. The minimum Gasteiger partial charge on any atom is -0.475 e. The van der Waals surface area contributed by atoms with Crippen LogP contribution < -0.4 is 0 Å². The molecule has 3 atom stereocenters. The van der Waals surface area contributed by atoms with E-state index in [1.807, 2.05) is 25.2 Å². The zero-order valence-electron chi connectivity index (χ0n) is 20.4. The summed E-state index contributed by atoms with van der Waals surface area (Å²) in [6.45, 7) is 2.74. The Bertz CT molecular complexity index is 918. The number of hydrogen-bond donors (Lipinski definition) is 2. The fourth-order valence-corrected chi connectivity index (χ4v) is 4.26. The van der Waals surface area contributed by atoms with E-state index in [4.69, 9.17) is 24.5 Å². The van der Waals surface area contributed by atoms with Crippen LogP contribution in [0.2, 0.25) is 0 Å². The fourth-order valence-electron chi connectivity index (χ4n) is 4.26. The van der Waals surface area contributed by atoms with E-state index < -0.39 is 24.3 Å². The molecular formula is C23H29F6N3O6. The number of aromatic nitrogens is 1. The molecule has 1 aliphatic carbocycles. The highest BCUT2D eigenvalue weighted by molar-refractivity contribution is 5.81. The molecule has 0 bridgehead atoms. The van der Waals surface area contributed by atoms with Gasteiger partial charge in [0.1, 0.15) is 6.10 Å². The number of aliphatic carboxylic acids is 2. The van der Waals surface area contributed by atoms with E-state index in [1.54, 1.807) is 11.1 Å². The normalized spacial score (nSPS) is 23.5. The summed E-state index contributed by atoms with van der Waals surface area (Å²) in [5, 5.41) is 14.2. The van der Waals surface area contributed by atoms with Gasteiger partial charge in [-0.3, -0.25) is 14.7 Å². The van der Waals surface area contributed by atoms with E-state index >= 15 is 0 Å². The molecule has 3 fully saturated rings. The Morgan fingerprint density at radius 1 is 1.05 bits per heavy atom. The molecule has 2 saturated heterocycles. The second-order valence-corrected chi connectivity index (χ2v) is 9.15. The van der Waals surface area contributed by atoms with Gasteiger partial charge < -0.3 is 19.8 Å². The van der Waals surface area contributed by atoms with Gasteiger partial charge in [-0.05, 0) is 50.3 Å². The quantitative estimate of drug-likeness (QED) is 0.541. The van der Waals surface area contributed by atoms with E-state index in [2.05, 4.69) is 9.88 Å². The maximum absolute atomic E-state index is 12.7. The number of carbonyl (C=O) groups excluding carboxylic acids is 1. The Morgan fingerprint density at radius 3 is 2.08 bits per heavy atom. The third-order valence-corrected chi connectivity index (χ3v) is 6.44. The number of likely N-dealkylation sites (N-methyl/N-ethyl adjacent to an activating group) is 1. The van der Waals surface area contributed by atoms with Crippen LogP contribution in [-0.2, 0) is 25.7 Å². The number of amides is 1. The summed E-state index contributed by atoms with van der Waals surface area (Å²) in [5.41, 5.74) is 0.917. The Morgan fingerprint density at radius 2 is 1.63 bits per heavy atom. The molecule has 0 radical (unpaired) electrons. The third kappa shape index (κ3) is 9.42. The molecule has 1 aromatic rings. The molecule has 2 aliphatic heterocycles. The molecule has 1 saturated carbocycles. The van der Waals surface area contributed by atoms with Gasteiger partial charge >= 0.3 is 24.3 Å². The van der Waals surface area contributed by atoms with Crippen LogP contribution in [0.1, 0.15) is 37.8 Å². The Labute approximate surface area is 214 Å². The van der Waals surface area contributed by atoms with Crippen molar-refractivity contribution in [2.75, 3.05) is 20.1 Å². The maximum Gasteiger partial charge on any atom is 0.490 e. The van der Waals surface area contributed by atoms with Crippen molar-refractivity contribution in [1.82, 2.24) is 14.8 Å². The molecule has 3 aliphatic rings. The number of rotatable bonds is 4. The summed E-state index contributed by atoms with van der Waals surface area (Å²) in [5.74, 6) is -4.86. The maximum atomic E-state index is 12.7. The van der Waals surface area contributed by atoms with Crippen molar-refractivity contribution in [3.63, 3.8) is 0 Å². The predicted octanol–water partition coefficient (Wildman–Crippen LogP) is 3.34. The Hall–Kier alpha value is -2.94. The number of alkyl halides is 6. The second kappa shape index (κ2) is 13.2. The van der Waals surface area contributed by atoms with Gasteiger partial charge in [0.2, 0.25) is 0 Å². The molecule has 38 heavy (non-hydrogen) atoms. The molecule has 0 spiro atoms. The van der Waals surface area contributed by atoms with Crippen molar-refractivity contribution < 1.29 is 55.7 Å². The lowest BCUT2D eigenvalue weighted by molar-refractivity contribution is -0.193. The van der Waals surface area contributed by atoms with Gasteiger partial charge in [0, 0.05) is 25.8 Å². The van der Waals surface area contributed by atoms with Gasteiger partial charge in [-0.1, -0.05) is 12.5 Å². The summed E-state index contributed by atoms with van der Waals surface area (Å²) < 4.78 is 69.7. The fraction of sp³-hybridized carbons (Fsp3) is 0.652. The van der Waals surface area contributed by atoms with Crippen LogP contribution in [0.15, 0.2) is 24.4 Å². The molecule has 1 amide bonds. The SMILES string of the molecule is CN(Cc1ccccn1)C(=O)[C@H]1C[C@@H]2CCN(C3CCC3)C[C@@H]2O1.O=C(O)C(F)(F)F.O=C(O)C(F)(F)F. The van der Waals surface area contributed by atoms with Crippen molar-refractivity contribution in [3.8, 4) is 0 Å². The van der Waals surface area contributed by atoms with Gasteiger partial charge in [0.05, 0.1) is 18.3 Å². The summed E-state index contributed by atoms with van der Waals surface area (Å²) in [6, 6.07) is 6.58. The molecule has 1 aromatic heterocycles. The molecule has 9 nitrogen and oxygen atoms in total. The zero-order valence-corrected chi connectivity index (χ0v) is 20.4. The van der Waals surface area contributed by atoms with Crippen molar-refractivity contribution >= 4 is 17.8 Å². The minimum absolute atomic E-state index is 0.102. The standard InChI is InChI=1S/C19H27N3O2.2C2HF3O2/c1-21(12-15-5-2-3-9-20-15)19(23)17-11-14-8-10-22(13-18(14)24-17)16-6-4-7-16;2*3-2(4,5)1(6)7/h2-3,5,9,14,16-18H,4,6-8,10-13H2,1H3;2*(H,6,7)/t14-,17+,18-;;/m0../s1. The minimum atomic E-state index is -5.08. The molecule has 2 N–H and O–H groups in total. The molecule has 214 valence electrons. The topological polar surface area (TPSA) is 120 Å². The molecule has 0 unspecified atom stereocenters. The van der Waals surface area contributed by atoms with Crippen LogP contribution in [0.4, 0.5) is 26.3 Å². The van der Waals surface area contributed by atoms with E-state index in [1.165, 1.54) is 32.2 Å². The number of nitrogens with zero attached hydrogens (tertiary/aromatic N) is 3. The first-order valence-electron chi connectivity index (χ1n) is 11.7. The summed E-state index contributed by atoms with van der Waals surface area (Å²) in [7, 11) is 1.85. The molecule has 0 aromatic carbocycles. The van der Waals surface area contributed by atoms with E-state index in [-0.39, 0.29) is 18.1 Å². The van der Waals surface area contributed by atoms with Crippen LogP contribution in [0.3, 0.4) is 0 Å². The van der Waals surface area contributed by atoms with E-state index in [0.717, 1.165) is 24.7 Å². The number of carboxylic acids is 2. The van der Waals surface area contributed by atoms with E-state index in [9.17, 15) is 31.1 Å². The van der Waals surface area contributed by atoms with Crippen molar-refractivity contribution in [2.45, 2.75) is 69.3 Å². The van der Waals surface area contributed by atoms with Gasteiger partial charge in [-0.15, -0.1) is 0 Å². The smallest absolute Gasteiger partial charge is 0.475 e. The molecule has 15 heteroatoms. The highest BCUT2D eigenvalue weighted by Crippen LogP contribution is 2.37. The summed E-state index contributed by atoms with van der Waals surface area (Å²) in [6.07, 6.45) is -2.31. The van der Waals surface area contributed by atoms with Crippen molar-refractivity contribution in [2.24, 2.45) is 5.92 Å². The highest BCUT2D eigenvalue weighted by Gasteiger charge is 2.44. The number of halogens is 6. The van der Waals surface area contributed by atoms with Crippen LogP contribution in [0.5, 0.6) is 0 Å². The first-order chi connectivity index (χ1) is 17.6. The lowest BCUT2D eigenvalue weighted by Gasteiger charge is -2.43. The predicted molar refractivity (Wildman–Crippen MR) is 119 cm³/mol. The number of fused-ring (bicyclic) bond motifs is 1. The lowest BCUT2D eigenvalue weighted by atomic mass is 9.86. The largest absolute Gasteiger partial charge is 0.490 e. The Kier molecular flexibility index (Phi) is 10.9. The van der Waals surface area contributed by atoms with Gasteiger partial charge in [-0.2, -0.15) is 26.3 Å². The summed E-state index contributed by atoms with van der Waals surface area (Å²) >= 11 is 0. The van der Waals surface area contributed by atoms with Crippen LogP contribution in [-0.4, -0.2) is 93.6 Å². The van der Waals surface area contributed by atoms with Gasteiger partial charge in [-0.25, -0.2) is 9.59 Å². The zero-order chi connectivity index (χ0) is 28.7. The second-order valence-electron chi connectivity index (χ2n) is 9.15. The number of carboxylic acid groups (broad SMARTS) is 2. The first kappa shape index (κ1) is 31.3. The van der Waals surface area contributed by atoms with Gasteiger partial charge in [0.15, 0.2) is 0 Å². The average Bonchev–Trinajstić information content (AvgIpc) is 3.21. The monoisotopic (exact) mass is 557 g/mol. The van der Waals surface area contributed by atoms with Crippen LogP contribution >= 0.6 is 0 Å². The number of hydrogen-bond acceptors (Lipinski definition) is 6. The van der Waals surface area contributed by atoms with Crippen molar-refractivity contribution in [3.05, 3.63) is 30.1 Å². The number of ether oxygens (including phenoxy) is 1. The number of pyridine rings is 1. The summed E-state index contributed by atoms with van der Waals surface area (Å²) in [4.78, 5) is 39.2. The third-order valence-electron chi connectivity index (χ3n) is 6.44. The first-order valence-corrected chi connectivity index (χ1v) is 11.7. The highest BCUT2D eigenvalue weighted by atomic mass is 19.4. The average molecular weight is 557 g/mol. The molecule has 3 heterocycles. The molecular weight excluding hydrogens is 528 g/mol. The van der Waals surface area contributed by atoms with Crippen LogP contribution in [0, 0.1) is 5.92 Å². The number of carbonyl (C=O) groups is 3. The number of piperidine rings is 1. The van der Waals surface area contributed by atoms with Crippen molar-refractivity contribution in [1.29, 1.82) is 0 Å². The molecule has 4 rings (SSSR count). The van der Waals surface area contributed by atoms with Crippen LogP contribution in [0.25, 0.3) is 0 Å². The Balaban J connectivity index is 0.000000301. The lowest BCUT2D eigenvalue weighted by Crippen LogP contribution is -2.49.